The molecule has 0 atom stereocenters. The Morgan fingerprint density at radius 2 is 1.71 bits per heavy atom. The number of halogens is 1. The number of rotatable bonds is 8. The maximum Gasteiger partial charge on any atom is 0.251 e. The molecule has 180 valence electrons. The highest BCUT2D eigenvalue weighted by Gasteiger charge is 2.30. The molecule has 0 unspecified atom stereocenters. The monoisotopic (exact) mass is 509 g/mol. The second-order valence-corrected chi connectivity index (χ2v) is 10.6. The molecule has 3 N–H and O–H groups in total. The first kappa shape index (κ1) is 24.6. The largest absolute Gasteiger partial charge is 0.348 e. The topological polar surface area (TPSA) is 117 Å². The molecule has 0 aliphatic carbocycles. The summed E-state index contributed by atoms with van der Waals surface area (Å²) in [6.45, 7) is 3.78. The van der Waals surface area contributed by atoms with Gasteiger partial charge in [-0.3, -0.25) is 4.79 Å². The Balaban J connectivity index is 1.45. The minimum atomic E-state index is -3.79. The molecule has 0 radical (unpaired) electrons. The Kier molecular flexibility index (Phi) is 7.02. The zero-order valence-electron chi connectivity index (χ0n) is 19.1. The third-order valence-electron chi connectivity index (χ3n) is 5.43. The number of hydrogen-bond acceptors (Lipinski definition) is 5. The van der Waals surface area contributed by atoms with Crippen LogP contribution >= 0.6 is 11.6 Å². The van der Waals surface area contributed by atoms with Crippen molar-refractivity contribution < 1.29 is 13.2 Å². The van der Waals surface area contributed by atoms with Crippen LogP contribution in [0.3, 0.4) is 0 Å². The molecule has 1 heterocycles. The first-order valence-electron chi connectivity index (χ1n) is 10.8. The number of hydrogen-bond donors (Lipinski definition) is 3. The summed E-state index contributed by atoms with van der Waals surface area (Å²) >= 11 is 5.87. The van der Waals surface area contributed by atoms with Crippen LogP contribution in [0.25, 0.3) is 11.1 Å². The van der Waals surface area contributed by atoms with E-state index in [1.807, 2.05) is 24.3 Å². The van der Waals surface area contributed by atoms with Crippen LogP contribution in [0.5, 0.6) is 0 Å². The lowest BCUT2D eigenvalue weighted by atomic mass is 10.0. The third kappa shape index (κ3) is 5.94. The molecule has 0 aliphatic heterocycles. The lowest BCUT2D eigenvalue weighted by Gasteiger charge is -2.23. The molecule has 3 aromatic carbocycles. The summed E-state index contributed by atoms with van der Waals surface area (Å²) in [5.41, 5.74) is 2.75. The molecule has 1 aromatic heterocycles. The first-order valence-corrected chi connectivity index (χ1v) is 12.6. The smallest absolute Gasteiger partial charge is 0.251 e. The van der Waals surface area contributed by atoms with Gasteiger partial charge in [0.15, 0.2) is 0 Å². The highest BCUT2D eigenvalue weighted by molar-refractivity contribution is 7.89. The summed E-state index contributed by atoms with van der Waals surface area (Å²) in [6, 6.07) is 21.0. The number of carbonyl (C=O) groups excluding carboxylic acids is 1. The van der Waals surface area contributed by atoms with E-state index in [9.17, 15) is 13.2 Å². The molecule has 10 heteroatoms. The van der Waals surface area contributed by atoms with Gasteiger partial charge in [-0.05, 0) is 73.0 Å². The van der Waals surface area contributed by atoms with Crippen LogP contribution in [0.4, 0.5) is 0 Å². The number of benzene rings is 3. The number of nitrogens with one attached hydrogen (secondary N) is 3. The van der Waals surface area contributed by atoms with E-state index in [-0.39, 0.29) is 10.8 Å². The molecule has 0 saturated heterocycles. The molecule has 8 nitrogen and oxygen atoms in total. The van der Waals surface area contributed by atoms with Gasteiger partial charge < -0.3 is 5.32 Å². The Hall–Kier alpha value is -3.53. The Morgan fingerprint density at radius 1 is 1.00 bits per heavy atom. The van der Waals surface area contributed by atoms with E-state index in [0.29, 0.717) is 22.8 Å². The number of nitrogens with zero attached hydrogens (tertiary/aromatic N) is 2. The second kappa shape index (κ2) is 9.99. The molecule has 0 aliphatic rings. The van der Waals surface area contributed by atoms with Crippen LogP contribution in [0, 0.1) is 0 Å². The highest BCUT2D eigenvalue weighted by Crippen LogP contribution is 2.25. The number of H-pyrrole nitrogens is 1. The SMILES string of the molecule is CC(C)(NS(=O)(=O)c1ccc(-c2cccc(CNC(=O)c3ccc(Cl)cc3)c2)cc1)c1cn[nH]n1. The van der Waals surface area contributed by atoms with Crippen molar-refractivity contribution in [3.63, 3.8) is 0 Å². The summed E-state index contributed by atoms with van der Waals surface area (Å²) < 4.78 is 28.5. The van der Waals surface area contributed by atoms with Crippen LogP contribution in [0.2, 0.25) is 5.02 Å². The summed E-state index contributed by atoms with van der Waals surface area (Å²) in [5.74, 6) is -0.192. The maximum absolute atomic E-state index is 12.9. The quantitative estimate of drug-likeness (QED) is 0.328. The normalized spacial score (nSPS) is 11.9. The number of amides is 1. The van der Waals surface area contributed by atoms with E-state index in [1.54, 1.807) is 62.4 Å². The van der Waals surface area contributed by atoms with Crippen molar-refractivity contribution in [2.45, 2.75) is 30.8 Å². The molecule has 0 spiro atoms. The average molecular weight is 510 g/mol. The Bertz CT molecular complexity index is 1420. The van der Waals surface area contributed by atoms with Gasteiger partial charge >= 0.3 is 0 Å². The lowest BCUT2D eigenvalue weighted by molar-refractivity contribution is 0.0951. The number of aromatic amines is 1. The van der Waals surface area contributed by atoms with Crippen molar-refractivity contribution in [1.29, 1.82) is 0 Å². The van der Waals surface area contributed by atoms with Crippen molar-refractivity contribution in [2.24, 2.45) is 0 Å². The van der Waals surface area contributed by atoms with Crippen molar-refractivity contribution in [3.05, 3.63) is 101 Å². The van der Waals surface area contributed by atoms with E-state index in [4.69, 9.17) is 11.6 Å². The van der Waals surface area contributed by atoms with Gasteiger partial charge in [-0.2, -0.15) is 20.1 Å². The van der Waals surface area contributed by atoms with Gasteiger partial charge in [0.1, 0.15) is 5.69 Å². The van der Waals surface area contributed by atoms with Gasteiger partial charge in [0, 0.05) is 17.1 Å². The zero-order chi connectivity index (χ0) is 25.1. The number of sulfonamides is 1. The maximum atomic E-state index is 12.9. The van der Waals surface area contributed by atoms with Crippen molar-refractivity contribution >= 4 is 27.5 Å². The first-order chi connectivity index (χ1) is 16.6. The summed E-state index contributed by atoms with van der Waals surface area (Å²) in [4.78, 5) is 12.5. The van der Waals surface area contributed by atoms with Gasteiger partial charge in [0.2, 0.25) is 10.0 Å². The van der Waals surface area contributed by atoms with Gasteiger partial charge in [0.05, 0.1) is 16.6 Å². The molecule has 35 heavy (non-hydrogen) atoms. The molecular formula is C25H24ClN5O3S. The van der Waals surface area contributed by atoms with Gasteiger partial charge in [-0.25, -0.2) is 8.42 Å². The fourth-order valence-corrected chi connectivity index (χ4v) is 5.04. The fraction of sp³-hybridized carbons (Fsp3) is 0.160. The minimum Gasteiger partial charge on any atom is -0.348 e. The molecule has 0 bridgehead atoms. The van der Waals surface area contributed by atoms with Gasteiger partial charge in [0.25, 0.3) is 5.91 Å². The molecule has 1 amide bonds. The Morgan fingerprint density at radius 3 is 2.37 bits per heavy atom. The lowest BCUT2D eigenvalue weighted by Crippen LogP contribution is -2.41. The van der Waals surface area contributed by atoms with Crippen molar-refractivity contribution in [2.75, 3.05) is 0 Å². The van der Waals surface area contributed by atoms with Gasteiger partial charge in [-0.15, -0.1) is 0 Å². The third-order valence-corrected chi connectivity index (χ3v) is 7.35. The molecule has 0 fully saturated rings. The van der Waals surface area contributed by atoms with E-state index < -0.39 is 15.6 Å². The molecule has 0 saturated carbocycles. The molecule has 4 rings (SSSR count). The summed E-state index contributed by atoms with van der Waals surface area (Å²) in [7, 11) is -3.79. The standard InChI is InChI=1S/C25H24ClN5O3S/c1-25(2,23-16-28-31-29-23)30-35(33,34)22-12-8-18(9-13-22)20-5-3-4-17(14-20)15-27-24(32)19-6-10-21(26)11-7-19/h3-14,16,30H,15H2,1-2H3,(H,27,32)(H,28,29,31). The van der Waals surface area contributed by atoms with E-state index in [1.165, 1.54) is 6.20 Å². The predicted molar refractivity (Wildman–Crippen MR) is 134 cm³/mol. The highest BCUT2D eigenvalue weighted by atomic mass is 35.5. The van der Waals surface area contributed by atoms with E-state index in [2.05, 4.69) is 25.4 Å². The molecule has 4 aromatic rings. The van der Waals surface area contributed by atoms with Crippen molar-refractivity contribution in [1.82, 2.24) is 25.4 Å². The second-order valence-electron chi connectivity index (χ2n) is 8.50. The minimum absolute atomic E-state index is 0.143. The Labute approximate surface area is 208 Å². The van der Waals surface area contributed by atoms with Crippen LogP contribution in [0.1, 0.15) is 35.5 Å². The van der Waals surface area contributed by atoms with Crippen molar-refractivity contribution in [3.8, 4) is 11.1 Å². The number of aromatic nitrogens is 3. The summed E-state index contributed by atoms with van der Waals surface area (Å²) in [6.07, 6.45) is 1.48. The fourth-order valence-electron chi connectivity index (χ4n) is 3.52. The van der Waals surface area contributed by atoms with E-state index in [0.717, 1.165) is 16.7 Å². The predicted octanol–water partition coefficient (Wildman–Crippen LogP) is 4.27. The summed E-state index contributed by atoms with van der Waals surface area (Å²) in [5, 5.41) is 13.7. The van der Waals surface area contributed by atoms with Crippen LogP contribution in [0.15, 0.2) is 83.9 Å². The van der Waals surface area contributed by atoms with Gasteiger partial charge in [-0.1, -0.05) is 41.9 Å². The molecular weight excluding hydrogens is 486 g/mol. The zero-order valence-corrected chi connectivity index (χ0v) is 20.7. The number of carbonyl (C=O) groups is 1. The van der Waals surface area contributed by atoms with E-state index >= 15 is 0 Å². The van der Waals surface area contributed by atoms with Crippen LogP contribution in [-0.2, 0) is 22.1 Å². The van der Waals surface area contributed by atoms with Crippen LogP contribution in [-0.4, -0.2) is 29.7 Å². The van der Waals surface area contributed by atoms with Crippen LogP contribution < -0.4 is 10.0 Å². The average Bonchev–Trinajstić information content (AvgIpc) is 3.39.